The van der Waals surface area contributed by atoms with E-state index in [9.17, 15) is 4.79 Å². The molecule has 0 aliphatic rings. The standard InChI is InChI=1S/C21H21ClN2O4/c1-3-27-20-17(22)11-16(12-18(20)26-2)21(25)28-14-19-23-9-10-24(19)13-15-7-5-4-6-8-15/h4-12H,3,13-14H2,1-2H3. The van der Waals surface area contributed by atoms with E-state index >= 15 is 0 Å². The fourth-order valence-electron chi connectivity index (χ4n) is 2.74. The molecule has 3 rings (SSSR count). The van der Waals surface area contributed by atoms with Crippen molar-refractivity contribution in [2.24, 2.45) is 0 Å². The number of carbonyl (C=O) groups excluding carboxylic acids is 1. The van der Waals surface area contributed by atoms with E-state index in [1.807, 2.05) is 48.0 Å². The number of methoxy groups -OCH3 is 1. The Hall–Kier alpha value is -2.99. The molecule has 0 N–H and O–H groups in total. The molecule has 0 bridgehead atoms. The zero-order chi connectivity index (χ0) is 19.9. The summed E-state index contributed by atoms with van der Waals surface area (Å²) in [5.41, 5.74) is 1.42. The minimum Gasteiger partial charge on any atom is -0.493 e. The van der Waals surface area contributed by atoms with Gasteiger partial charge in [0.05, 0.1) is 24.3 Å². The topological polar surface area (TPSA) is 62.6 Å². The Morgan fingerprint density at radius 2 is 2.00 bits per heavy atom. The maximum absolute atomic E-state index is 12.5. The van der Waals surface area contributed by atoms with Crippen LogP contribution >= 0.6 is 11.6 Å². The van der Waals surface area contributed by atoms with Crippen molar-refractivity contribution < 1.29 is 19.0 Å². The highest BCUT2D eigenvalue weighted by Crippen LogP contribution is 2.36. The molecule has 1 aromatic heterocycles. The summed E-state index contributed by atoms with van der Waals surface area (Å²) >= 11 is 6.22. The van der Waals surface area contributed by atoms with Crippen molar-refractivity contribution in [3.8, 4) is 11.5 Å². The number of carbonyl (C=O) groups is 1. The molecule has 1 heterocycles. The van der Waals surface area contributed by atoms with Crippen LogP contribution in [0.5, 0.6) is 11.5 Å². The minimum absolute atomic E-state index is 0.0474. The second kappa shape index (κ2) is 9.28. The first-order valence-electron chi connectivity index (χ1n) is 8.83. The SMILES string of the molecule is CCOc1c(Cl)cc(C(=O)OCc2nccn2Cc2ccccc2)cc1OC. The predicted molar refractivity (Wildman–Crippen MR) is 106 cm³/mol. The lowest BCUT2D eigenvalue weighted by atomic mass is 10.2. The normalized spacial score (nSPS) is 10.5. The lowest BCUT2D eigenvalue weighted by molar-refractivity contribution is 0.0458. The Labute approximate surface area is 168 Å². The first kappa shape index (κ1) is 19.8. The summed E-state index contributed by atoms with van der Waals surface area (Å²) in [5.74, 6) is 0.923. The van der Waals surface area contributed by atoms with E-state index in [1.54, 1.807) is 12.3 Å². The van der Waals surface area contributed by atoms with Crippen LogP contribution in [0.4, 0.5) is 0 Å². The number of hydrogen-bond acceptors (Lipinski definition) is 5. The molecule has 0 fully saturated rings. The van der Waals surface area contributed by atoms with Crippen molar-refractivity contribution in [1.82, 2.24) is 9.55 Å². The Morgan fingerprint density at radius 3 is 2.71 bits per heavy atom. The number of rotatable bonds is 8. The highest BCUT2D eigenvalue weighted by molar-refractivity contribution is 6.32. The molecule has 0 atom stereocenters. The highest BCUT2D eigenvalue weighted by atomic mass is 35.5. The molecule has 0 saturated carbocycles. The number of esters is 1. The van der Waals surface area contributed by atoms with Crippen molar-refractivity contribution in [2.45, 2.75) is 20.1 Å². The van der Waals surface area contributed by atoms with Crippen LogP contribution in [-0.2, 0) is 17.9 Å². The second-order valence-electron chi connectivity index (χ2n) is 5.96. The Bertz CT molecular complexity index is 941. The fraction of sp³-hybridized carbons (Fsp3) is 0.238. The van der Waals surface area contributed by atoms with Gasteiger partial charge in [-0.25, -0.2) is 9.78 Å². The third-order valence-electron chi connectivity index (χ3n) is 4.08. The summed E-state index contributed by atoms with van der Waals surface area (Å²) < 4.78 is 18.1. The van der Waals surface area contributed by atoms with Gasteiger partial charge in [0.15, 0.2) is 11.5 Å². The molecule has 28 heavy (non-hydrogen) atoms. The van der Waals surface area contributed by atoms with Crippen LogP contribution in [0, 0.1) is 0 Å². The van der Waals surface area contributed by atoms with Gasteiger partial charge in [0.25, 0.3) is 0 Å². The average molecular weight is 401 g/mol. The van der Waals surface area contributed by atoms with Crippen LogP contribution in [0.15, 0.2) is 54.9 Å². The van der Waals surface area contributed by atoms with Crippen LogP contribution < -0.4 is 9.47 Å². The van der Waals surface area contributed by atoms with Gasteiger partial charge in [-0.1, -0.05) is 41.9 Å². The predicted octanol–water partition coefficient (Wildman–Crippen LogP) is 4.35. The number of hydrogen-bond donors (Lipinski definition) is 0. The third-order valence-corrected chi connectivity index (χ3v) is 4.36. The number of halogens is 1. The summed E-state index contributed by atoms with van der Waals surface area (Å²) in [6.07, 6.45) is 3.54. The molecular weight excluding hydrogens is 380 g/mol. The van der Waals surface area contributed by atoms with Crippen molar-refractivity contribution >= 4 is 17.6 Å². The van der Waals surface area contributed by atoms with Gasteiger partial charge in [-0.2, -0.15) is 0 Å². The van der Waals surface area contributed by atoms with Gasteiger partial charge in [0.1, 0.15) is 12.4 Å². The largest absolute Gasteiger partial charge is 0.493 e. The smallest absolute Gasteiger partial charge is 0.338 e. The summed E-state index contributed by atoms with van der Waals surface area (Å²) in [7, 11) is 1.49. The quantitative estimate of drug-likeness (QED) is 0.526. The molecule has 2 aromatic carbocycles. The molecule has 0 unspecified atom stereocenters. The summed E-state index contributed by atoms with van der Waals surface area (Å²) in [6.45, 7) is 2.97. The molecule has 6 nitrogen and oxygen atoms in total. The van der Waals surface area contributed by atoms with Gasteiger partial charge in [-0.15, -0.1) is 0 Å². The Balaban J connectivity index is 1.70. The van der Waals surface area contributed by atoms with Gasteiger partial charge in [0.2, 0.25) is 0 Å². The minimum atomic E-state index is -0.516. The molecule has 146 valence electrons. The van der Waals surface area contributed by atoms with Gasteiger partial charge < -0.3 is 18.8 Å². The number of imidazole rings is 1. The molecule has 0 amide bonds. The average Bonchev–Trinajstić information content (AvgIpc) is 3.15. The molecular formula is C21H21ClN2O4. The van der Waals surface area contributed by atoms with E-state index in [2.05, 4.69) is 4.98 Å². The van der Waals surface area contributed by atoms with E-state index < -0.39 is 5.97 Å². The van der Waals surface area contributed by atoms with E-state index in [4.69, 9.17) is 25.8 Å². The van der Waals surface area contributed by atoms with E-state index in [-0.39, 0.29) is 12.2 Å². The number of aromatic nitrogens is 2. The molecule has 0 aliphatic heterocycles. The summed E-state index contributed by atoms with van der Waals surface area (Å²) in [4.78, 5) is 16.8. The number of benzene rings is 2. The van der Waals surface area contributed by atoms with Crippen molar-refractivity contribution in [3.63, 3.8) is 0 Å². The van der Waals surface area contributed by atoms with Gasteiger partial charge in [-0.3, -0.25) is 0 Å². The second-order valence-corrected chi connectivity index (χ2v) is 6.36. The summed E-state index contributed by atoms with van der Waals surface area (Å²) in [6, 6.07) is 13.1. The fourth-order valence-corrected chi connectivity index (χ4v) is 3.01. The van der Waals surface area contributed by atoms with Gasteiger partial charge in [0, 0.05) is 18.9 Å². The maximum atomic E-state index is 12.5. The van der Waals surface area contributed by atoms with Crippen LogP contribution in [0.3, 0.4) is 0 Å². The molecule has 0 spiro atoms. The third kappa shape index (κ3) is 4.64. The Morgan fingerprint density at radius 1 is 1.21 bits per heavy atom. The zero-order valence-electron chi connectivity index (χ0n) is 15.7. The first-order chi connectivity index (χ1) is 13.6. The van der Waals surface area contributed by atoms with E-state index in [1.165, 1.54) is 13.2 Å². The molecule has 0 radical (unpaired) electrons. The van der Waals surface area contributed by atoms with Crippen LogP contribution in [0.2, 0.25) is 5.02 Å². The van der Waals surface area contributed by atoms with Crippen LogP contribution in [0.1, 0.15) is 28.7 Å². The number of nitrogens with zero attached hydrogens (tertiary/aromatic N) is 2. The first-order valence-corrected chi connectivity index (χ1v) is 9.21. The maximum Gasteiger partial charge on any atom is 0.338 e. The van der Waals surface area contributed by atoms with Crippen molar-refractivity contribution in [1.29, 1.82) is 0 Å². The lowest BCUT2D eigenvalue weighted by Gasteiger charge is -2.13. The van der Waals surface area contributed by atoms with Gasteiger partial charge in [-0.05, 0) is 24.6 Å². The van der Waals surface area contributed by atoms with Gasteiger partial charge >= 0.3 is 5.97 Å². The number of ether oxygens (including phenoxy) is 3. The molecule has 0 saturated heterocycles. The molecule has 3 aromatic rings. The Kier molecular flexibility index (Phi) is 6.55. The van der Waals surface area contributed by atoms with E-state index in [0.717, 1.165) is 5.56 Å². The van der Waals surface area contributed by atoms with Crippen LogP contribution in [0.25, 0.3) is 0 Å². The monoisotopic (exact) mass is 400 g/mol. The van der Waals surface area contributed by atoms with Crippen LogP contribution in [-0.4, -0.2) is 29.2 Å². The molecule has 7 heteroatoms. The van der Waals surface area contributed by atoms with Crippen molar-refractivity contribution in [2.75, 3.05) is 13.7 Å². The van der Waals surface area contributed by atoms with E-state index in [0.29, 0.717) is 35.5 Å². The molecule has 0 aliphatic carbocycles. The van der Waals surface area contributed by atoms with Crippen molar-refractivity contribution in [3.05, 3.63) is 76.8 Å². The highest BCUT2D eigenvalue weighted by Gasteiger charge is 2.17. The zero-order valence-corrected chi connectivity index (χ0v) is 16.5. The summed E-state index contributed by atoms with van der Waals surface area (Å²) in [5, 5.41) is 0.290. The lowest BCUT2D eigenvalue weighted by Crippen LogP contribution is -2.11.